The van der Waals surface area contributed by atoms with Crippen LogP contribution in [-0.4, -0.2) is 34.9 Å². The van der Waals surface area contributed by atoms with Gasteiger partial charge in [-0.1, -0.05) is 235 Å². The third-order valence-corrected chi connectivity index (χ3v) is 11.5. The van der Waals surface area contributed by atoms with Crippen LogP contribution in [-0.2, 0) is 4.79 Å². The van der Waals surface area contributed by atoms with Gasteiger partial charge in [-0.25, -0.2) is 0 Å². The van der Waals surface area contributed by atoms with Gasteiger partial charge in [0.15, 0.2) is 0 Å². The van der Waals surface area contributed by atoms with Gasteiger partial charge >= 0.3 is 0 Å². The molecule has 0 aliphatic heterocycles. The number of hydrogen-bond acceptors (Lipinski definition) is 3. The Morgan fingerprint density at radius 2 is 0.724 bits per heavy atom. The highest BCUT2D eigenvalue weighted by molar-refractivity contribution is 5.76. The first-order valence-corrected chi connectivity index (χ1v) is 25.5. The molecule has 4 heteroatoms. The minimum atomic E-state index is -0.873. The molecule has 0 aromatic heterocycles. The maximum Gasteiger partial charge on any atom is 0.220 e. The SMILES string of the molecule is CCCCCCCCCCC/C=C\C/C=C\CCCCCCCCCCCCCC(=O)NC(CO)C(O)/C=C/CC/C=C/CC/C=C/CCCCCCCCCCC. The molecule has 0 spiro atoms. The zero-order valence-corrected chi connectivity index (χ0v) is 38.8. The summed E-state index contributed by atoms with van der Waals surface area (Å²) in [6.45, 7) is 4.30. The number of nitrogens with one attached hydrogen (secondary N) is 1. The van der Waals surface area contributed by atoms with Gasteiger partial charge in [0.2, 0.25) is 5.91 Å². The monoisotopic (exact) mass is 810 g/mol. The summed E-state index contributed by atoms with van der Waals surface area (Å²) in [4.78, 5) is 12.4. The molecular formula is C54H99NO3. The van der Waals surface area contributed by atoms with Gasteiger partial charge in [0, 0.05) is 6.42 Å². The van der Waals surface area contributed by atoms with Gasteiger partial charge in [0.05, 0.1) is 18.8 Å². The molecule has 0 aliphatic rings. The minimum absolute atomic E-state index is 0.0800. The molecule has 2 unspecified atom stereocenters. The largest absolute Gasteiger partial charge is 0.394 e. The second kappa shape index (κ2) is 49.5. The van der Waals surface area contributed by atoms with Crippen molar-refractivity contribution in [3.8, 4) is 0 Å². The maximum absolute atomic E-state index is 12.4. The molecule has 338 valence electrons. The zero-order valence-electron chi connectivity index (χ0n) is 38.8. The van der Waals surface area contributed by atoms with Gasteiger partial charge in [0.25, 0.3) is 0 Å². The van der Waals surface area contributed by atoms with Crippen LogP contribution in [0.1, 0.15) is 258 Å². The number of amides is 1. The molecule has 0 aromatic rings. The van der Waals surface area contributed by atoms with E-state index in [1.807, 2.05) is 6.08 Å². The van der Waals surface area contributed by atoms with Crippen LogP contribution in [0.4, 0.5) is 0 Å². The lowest BCUT2D eigenvalue weighted by molar-refractivity contribution is -0.123. The molecule has 0 aliphatic carbocycles. The van der Waals surface area contributed by atoms with Crippen molar-refractivity contribution in [1.29, 1.82) is 0 Å². The average Bonchev–Trinajstić information content (AvgIpc) is 3.23. The topological polar surface area (TPSA) is 69.6 Å². The average molecular weight is 810 g/mol. The highest BCUT2D eigenvalue weighted by atomic mass is 16.3. The molecule has 4 nitrogen and oxygen atoms in total. The van der Waals surface area contributed by atoms with Crippen molar-refractivity contribution in [2.24, 2.45) is 0 Å². The van der Waals surface area contributed by atoms with Crippen LogP contribution in [0.2, 0.25) is 0 Å². The van der Waals surface area contributed by atoms with Crippen molar-refractivity contribution >= 4 is 5.91 Å². The van der Waals surface area contributed by atoms with Crippen LogP contribution in [0, 0.1) is 0 Å². The second-order valence-corrected chi connectivity index (χ2v) is 17.2. The van der Waals surface area contributed by atoms with E-state index < -0.39 is 12.1 Å². The van der Waals surface area contributed by atoms with Gasteiger partial charge in [-0.2, -0.15) is 0 Å². The lowest BCUT2D eigenvalue weighted by Crippen LogP contribution is -2.45. The summed E-state index contributed by atoms with van der Waals surface area (Å²) in [5, 5.41) is 23.1. The molecule has 58 heavy (non-hydrogen) atoms. The first-order chi connectivity index (χ1) is 28.7. The Balaban J connectivity index is 3.59. The van der Waals surface area contributed by atoms with Gasteiger partial charge in [-0.15, -0.1) is 0 Å². The Labute approximate surface area is 362 Å². The van der Waals surface area contributed by atoms with E-state index in [4.69, 9.17) is 0 Å². The molecule has 0 radical (unpaired) electrons. The van der Waals surface area contributed by atoms with Crippen LogP contribution in [0.25, 0.3) is 0 Å². The van der Waals surface area contributed by atoms with Crippen molar-refractivity contribution in [2.45, 2.75) is 270 Å². The number of carbonyl (C=O) groups excluding carboxylic acids is 1. The van der Waals surface area contributed by atoms with Gasteiger partial charge in [-0.3, -0.25) is 4.79 Å². The summed E-state index contributed by atoms with van der Waals surface area (Å²) in [5.74, 6) is -0.0800. The van der Waals surface area contributed by atoms with Gasteiger partial charge in [-0.05, 0) is 77.0 Å². The molecule has 0 saturated heterocycles. The van der Waals surface area contributed by atoms with Crippen molar-refractivity contribution in [3.05, 3.63) is 60.8 Å². The van der Waals surface area contributed by atoms with Crippen LogP contribution >= 0.6 is 0 Å². The molecule has 0 bridgehead atoms. The van der Waals surface area contributed by atoms with E-state index in [1.54, 1.807) is 6.08 Å². The molecule has 0 fully saturated rings. The number of aliphatic hydroxyl groups is 2. The molecule has 0 saturated carbocycles. The zero-order chi connectivity index (χ0) is 42.1. The van der Waals surface area contributed by atoms with E-state index in [0.29, 0.717) is 6.42 Å². The summed E-state index contributed by atoms with van der Waals surface area (Å²) < 4.78 is 0. The van der Waals surface area contributed by atoms with Crippen LogP contribution < -0.4 is 5.32 Å². The third kappa shape index (κ3) is 45.2. The van der Waals surface area contributed by atoms with Crippen molar-refractivity contribution in [1.82, 2.24) is 5.32 Å². The molecule has 1 amide bonds. The molecule has 0 aromatic carbocycles. The number of carbonyl (C=O) groups is 1. The van der Waals surface area contributed by atoms with E-state index >= 15 is 0 Å². The Morgan fingerprint density at radius 3 is 1.10 bits per heavy atom. The number of unbranched alkanes of at least 4 members (excludes halogenated alkanes) is 31. The van der Waals surface area contributed by atoms with E-state index in [2.05, 4.69) is 67.8 Å². The summed E-state index contributed by atoms with van der Waals surface area (Å²) in [6.07, 6.45) is 69.3. The normalized spacial score (nSPS) is 13.4. The van der Waals surface area contributed by atoms with Crippen LogP contribution in [0.15, 0.2) is 60.8 Å². The predicted molar refractivity (Wildman–Crippen MR) is 258 cm³/mol. The highest BCUT2D eigenvalue weighted by Gasteiger charge is 2.17. The molecule has 2 atom stereocenters. The molecular weight excluding hydrogens is 711 g/mol. The minimum Gasteiger partial charge on any atom is -0.394 e. The number of hydrogen-bond donors (Lipinski definition) is 3. The summed E-state index contributed by atoms with van der Waals surface area (Å²) in [5.41, 5.74) is 0. The van der Waals surface area contributed by atoms with Crippen molar-refractivity contribution in [2.75, 3.05) is 6.61 Å². The lowest BCUT2D eigenvalue weighted by Gasteiger charge is -2.19. The van der Waals surface area contributed by atoms with Crippen LogP contribution in [0.3, 0.4) is 0 Å². The number of rotatable bonds is 46. The summed E-state index contributed by atoms with van der Waals surface area (Å²) in [6, 6.07) is -0.649. The predicted octanol–water partition coefficient (Wildman–Crippen LogP) is 16.5. The quantitative estimate of drug-likeness (QED) is 0.0424. The number of allylic oxidation sites excluding steroid dienone is 9. The first kappa shape index (κ1) is 56.1. The smallest absolute Gasteiger partial charge is 0.220 e. The second-order valence-electron chi connectivity index (χ2n) is 17.2. The van der Waals surface area contributed by atoms with E-state index in [-0.39, 0.29) is 12.5 Å². The van der Waals surface area contributed by atoms with Crippen LogP contribution in [0.5, 0.6) is 0 Å². The Hall–Kier alpha value is -1.91. The van der Waals surface area contributed by atoms with E-state index in [9.17, 15) is 15.0 Å². The number of aliphatic hydroxyl groups excluding tert-OH is 2. The van der Waals surface area contributed by atoms with Gasteiger partial charge in [0.1, 0.15) is 0 Å². The molecule has 0 heterocycles. The standard InChI is InChI=1S/C54H99NO3/c1-3-5-7-9-11-13-15-17-19-21-23-24-25-26-27-28-29-30-32-34-36-38-40-42-44-46-48-50-54(58)55-52(51-56)53(57)49-47-45-43-41-39-37-35-33-31-22-20-18-16-14-12-10-8-6-4-2/h23-24,26-27,31,33,39,41,47,49,52-53,56-57H,3-22,25,28-30,32,34-38,40,42-46,48,50-51H2,1-2H3,(H,55,58)/b24-23-,27-26-,33-31+,41-39+,49-47+. The Bertz CT molecular complexity index is 965. The Morgan fingerprint density at radius 1 is 0.414 bits per heavy atom. The van der Waals surface area contributed by atoms with Crippen molar-refractivity contribution < 1.29 is 15.0 Å². The van der Waals surface area contributed by atoms with Crippen molar-refractivity contribution in [3.63, 3.8) is 0 Å². The lowest BCUT2D eigenvalue weighted by atomic mass is 10.0. The third-order valence-electron chi connectivity index (χ3n) is 11.5. The highest BCUT2D eigenvalue weighted by Crippen LogP contribution is 2.15. The Kier molecular flexibility index (Phi) is 47.8. The molecule has 3 N–H and O–H groups in total. The fraction of sp³-hybridized carbons (Fsp3) is 0.796. The fourth-order valence-electron chi connectivity index (χ4n) is 7.54. The molecule has 0 rings (SSSR count). The fourth-order valence-corrected chi connectivity index (χ4v) is 7.54. The van der Waals surface area contributed by atoms with E-state index in [1.165, 1.54) is 193 Å². The first-order valence-electron chi connectivity index (χ1n) is 25.5. The summed E-state index contributed by atoms with van der Waals surface area (Å²) in [7, 11) is 0. The maximum atomic E-state index is 12.4. The summed E-state index contributed by atoms with van der Waals surface area (Å²) >= 11 is 0. The van der Waals surface area contributed by atoms with E-state index in [0.717, 1.165) is 44.9 Å². The van der Waals surface area contributed by atoms with Gasteiger partial charge < -0.3 is 15.5 Å².